The summed E-state index contributed by atoms with van der Waals surface area (Å²) in [5, 5.41) is 14.2. The van der Waals surface area contributed by atoms with Gasteiger partial charge in [0.2, 0.25) is 5.91 Å². The van der Waals surface area contributed by atoms with Gasteiger partial charge in [-0.25, -0.2) is 9.36 Å². The molecule has 7 nitrogen and oxygen atoms in total. The van der Waals surface area contributed by atoms with Crippen molar-refractivity contribution < 1.29 is 4.79 Å². The minimum atomic E-state index is -0.701. The van der Waals surface area contributed by atoms with E-state index in [0.29, 0.717) is 25.1 Å². The van der Waals surface area contributed by atoms with Crippen LogP contribution in [0.5, 0.6) is 0 Å². The molecular formula is C21H18N4O3S. The third-order valence-electron chi connectivity index (χ3n) is 5.01. The fraction of sp³-hybridized carbons (Fsp3) is 0.238. The van der Waals surface area contributed by atoms with Crippen molar-refractivity contribution in [2.45, 2.75) is 32.0 Å². The van der Waals surface area contributed by atoms with Crippen molar-refractivity contribution in [2.24, 2.45) is 0 Å². The quantitative estimate of drug-likeness (QED) is 0.699. The van der Waals surface area contributed by atoms with Crippen molar-refractivity contribution in [3.63, 3.8) is 0 Å². The number of benzene rings is 1. The molecule has 1 aliphatic rings. The number of nitriles is 1. The molecule has 1 aromatic carbocycles. The number of thiophene rings is 1. The van der Waals surface area contributed by atoms with Gasteiger partial charge in [0.05, 0.1) is 6.04 Å². The van der Waals surface area contributed by atoms with Crippen LogP contribution in [0.3, 0.4) is 0 Å². The van der Waals surface area contributed by atoms with E-state index in [2.05, 4.69) is 5.32 Å². The Morgan fingerprint density at radius 1 is 1.21 bits per heavy atom. The van der Waals surface area contributed by atoms with Crippen LogP contribution in [0.15, 0.2) is 57.4 Å². The Kier molecular flexibility index (Phi) is 5.14. The molecule has 0 fully saturated rings. The number of rotatable bonds is 5. The highest BCUT2D eigenvalue weighted by Crippen LogP contribution is 2.25. The molecule has 2 aromatic heterocycles. The van der Waals surface area contributed by atoms with Crippen LogP contribution in [0, 0.1) is 11.3 Å². The maximum Gasteiger partial charge on any atom is 0.331 e. The van der Waals surface area contributed by atoms with E-state index in [4.69, 9.17) is 0 Å². The average Bonchev–Trinajstić information content (AvgIpc) is 3.43. The van der Waals surface area contributed by atoms with Gasteiger partial charge in [0.25, 0.3) is 5.56 Å². The van der Waals surface area contributed by atoms with E-state index in [9.17, 15) is 19.6 Å². The molecule has 4 rings (SSSR count). The highest BCUT2D eigenvalue weighted by atomic mass is 32.1. The lowest BCUT2D eigenvalue weighted by atomic mass is 10.1. The topological polar surface area (TPSA) is 96.9 Å². The second-order valence-corrected chi connectivity index (χ2v) is 7.77. The first-order valence-corrected chi connectivity index (χ1v) is 10.1. The third-order valence-corrected chi connectivity index (χ3v) is 5.95. The van der Waals surface area contributed by atoms with E-state index in [0.717, 1.165) is 15.0 Å². The molecule has 0 radical (unpaired) electrons. The van der Waals surface area contributed by atoms with Crippen molar-refractivity contribution in [2.75, 3.05) is 0 Å². The Balaban J connectivity index is 1.66. The van der Waals surface area contributed by atoms with Crippen LogP contribution >= 0.6 is 11.3 Å². The normalized spacial score (nSPS) is 13.5. The summed E-state index contributed by atoms with van der Waals surface area (Å²) in [6, 6.07) is 14.8. The number of hydrogen-bond donors (Lipinski definition) is 1. The molecule has 146 valence electrons. The van der Waals surface area contributed by atoms with Gasteiger partial charge in [-0.2, -0.15) is 5.26 Å². The van der Waals surface area contributed by atoms with Gasteiger partial charge in [0.15, 0.2) is 0 Å². The van der Waals surface area contributed by atoms with Gasteiger partial charge >= 0.3 is 5.69 Å². The van der Waals surface area contributed by atoms with Gasteiger partial charge in [-0.05, 0) is 29.9 Å². The van der Waals surface area contributed by atoms with Crippen LogP contribution in [-0.2, 0) is 24.3 Å². The molecule has 0 saturated carbocycles. The lowest BCUT2D eigenvalue weighted by molar-refractivity contribution is -0.122. The number of nitrogens with zero attached hydrogens (tertiary/aromatic N) is 3. The van der Waals surface area contributed by atoms with Crippen molar-refractivity contribution >= 4 is 17.2 Å². The number of aromatic nitrogens is 2. The van der Waals surface area contributed by atoms with Crippen molar-refractivity contribution in [1.82, 2.24) is 14.5 Å². The zero-order valence-corrected chi connectivity index (χ0v) is 16.3. The Morgan fingerprint density at radius 2 is 2.00 bits per heavy atom. The zero-order valence-electron chi connectivity index (χ0n) is 15.5. The summed E-state index contributed by atoms with van der Waals surface area (Å²) in [5.74, 6) is -0.464. The van der Waals surface area contributed by atoms with E-state index in [-0.39, 0.29) is 11.6 Å². The summed E-state index contributed by atoms with van der Waals surface area (Å²) in [6.07, 6.45) is 1.23. The Bertz CT molecular complexity index is 1200. The summed E-state index contributed by atoms with van der Waals surface area (Å²) in [5.41, 5.74) is 0.0870. The van der Waals surface area contributed by atoms with E-state index < -0.39 is 23.7 Å². The van der Waals surface area contributed by atoms with Crippen LogP contribution in [-0.4, -0.2) is 15.0 Å². The monoisotopic (exact) mass is 406 g/mol. The molecule has 1 N–H and O–H groups in total. The zero-order chi connectivity index (χ0) is 20.4. The lowest BCUT2D eigenvalue weighted by Crippen LogP contribution is -2.45. The molecule has 1 atom stereocenters. The van der Waals surface area contributed by atoms with Crippen molar-refractivity contribution in [3.05, 3.63) is 90.4 Å². The summed E-state index contributed by atoms with van der Waals surface area (Å²) in [6.45, 7) is 0.0217. The smallest absolute Gasteiger partial charge is 0.331 e. The molecule has 0 aliphatic carbocycles. The van der Waals surface area contributed by atoms with Gasteiger partial charge in [-0.15, -0.1) is 11.3 Å². The van der Waals surface area contributed by atoms with Crippen LogP contribution in [0.1, 0.15) is 34.2 Å². The Labute approximate surface area is 170 Å². The van der Waals surface area contributed by atoms with E-state index in [1.165, 1.54) is 15.9 Å². The summed E-state index contributed by atoms with van der Waals surface area (Å²) >= 11 is 1.51. The highest BCUT2D eigenvalue weighted by Gasteiger charge is 2.24. The van der Waals surface area contributed by atoms with Crippen LogP contribution in [0.2, 0.25) is 0 Å². The van der Waals surface area contributed by atoms with Crippen molar-refractivity contribution in [3.8, 4) is 6.07 Å². The molecule has 1 unspecified atom stereocenters. The molecule has 1 aliphatic heterocycles. The second-order valence-electron chi connectivity index (χ2n) is 6.79. The first-order chi connectivity index (χ1) is 14.1. The predicted molar refractivity (Wildman–Crippen MR) is 109 cm³/mol. The number of fused-ring (bicyclic) bond motifs is 1. The number of carbonyl (C=O) groups excluding carboxylic acids is 1. The summed E-state index contributed by atoms with van der Waals surface area (Å²) < 4.78 is 2.29. The van der Waals surface area contributed by atoms with Gasteiger partial charge in [0, 0.05) is 17.1 Å². The molecule has 8 heteroatoms. The average molecular weight is 406 g/mol. The van der Waals surface area contributed by atoms with E-state index >= 15 is 0 Å². The van der Waals surface area contributed by atoms with E-state index in [1.807, 2.05) is 53.9 Å². The Hall–Kier alpha value is -3.44. The number of hydrogen-bond acceptors (Lipinski definition) is 5. The lowest BCUT2D eigenvalue weighted by Gasteiger charge is -2.19. The maximum atomic E-state index is 12.8. The molecule has 29 heavy (non-hydrogen) atoms. The molecule has 1 amide bonds. The highest BCUT2D eigenvalue weighted by molar-refractivity contribution is 7.10. The molecule has 0 saturated heterocycles. The molecule has 0 bridgehead atoms. The van der Waals surface area contributed by atoms with Crippen molar-refractivity contribution in [1.29, 1.82) is 5.26 Å². The number of amides is 1. The summed E-state index contributed by atoms with van der Waals surface area (Å²) in [7, 11) is 0. The fourth-order valence-electron chi connectivity index (χ4n) is 3.66. The SMILES string of the molecule is N#Cc1c2n(c(=O)n(CC(=O)NC(c3ccccc3)c3cccs3)c1=O)CCC2. The predicted octanol–water partition coefficient (Wildman–Crippen LogP) is 1.80. The van der Waals surface area contributed by atoms with Gasteiger partial charge in [-0.1, -0.05) is 36.4 Å². The number of nitrogens with one attached hydrogen (secondary N) is 1. The first kappa shape index (κ1) is 18.9. The molecule has 3 aromatic rings. The first-order valence-electron chi connectivity index (χ1n) is 9.24. The molecule has 3 heterocycles. The van der Waals surface area contributed by atoms with Crippen LogP contribution in [0.4, 0.5) is 0 Å². The largest absolute Gasteiger partial charge is 0.343 e. The van der Waals surface area contributed by atoms with Crippen LogP contribution < -0.4 is 16.6 Å². The minimum absolute atomic E-state index is 0.0484. The number of carbonyl (C=O) groups is 1. The maximum absolute atomic E-state index is 12.8. The standard InChI is InChI=1S/C21H18N4O3S/c22-12-15-16-8-4-10-24(16)21(28)25(20(15)27)13-18(26)23-19(17-9-5-11-29-17)14-6-2-1-3-7-14/h1-3,5-7,9,11,19H,4,8,10,13H2,(H,23,26). The van der Waals surface area contributed by atoms with Gasteiger partial charge < -0.3 is 5.32 Å². The van der Waals surface area contributed by atoms with Crippen LogP contribution in [0.25, 0.3) is 0 Å². The van der Waals surface area contributed by atoms with Gasteiger partial charge in [0.1, 0.15) is 18.2 Å². The summed E-state index contributed by atoms with van der Waals surface area (Å²) in [4.78, 5) is 39.1. The molecule has 0 spiro atoms. The minimum Gasteiger partial charge on any atom is -0.343 e. The third kappa shape index (κ3) is 3.52. The Morgan fingerprint density at radius 3 is 2.69 bits per heavy atom. The fourth-order valence-corrected chi connectivity index (χ4v) is 4.46. The van der Waals surface area contributed by atoms with Gasteiger partial charge in [-0.3, -0.25) is 14.2 Å². The second kappa shape index (κ2) is 7.89. The van der Waals surface area contributed by atoms with E-state index in [1.54, 1.807) is 0 Å². The molecular weight excluding hydrogens is 388 g/mol.